The predicted octanol–water partition coefficient (Wildman–Crippen LogP) is 1.41. The van der Waals surface area contributed by atoms with Gasteiger partial charge in [0.1, 0.15) is 11.5 Å². The second kappa shape index (κ2) is 7.19. The standard InChI is InChI=1S/C14H22N4O2/c1-3-16-13-9-15-8-12(17-13)14(19)18(2)6-7-20-10-11-4-5-11/h8-9,11H,3-7,10H2,1-2H3,(H,16,17). The number of carbonyl (C=O) groups excluding carboxylic acids is 1. The number of nitrogens with one attached hydrogen (secondary N) is 1. The molecule has 1 heterocycles. The number of hydrogen-bond acceptors (Lipinski definition) is 5. The first-order chi connectivity index (χ1) is 9.70. The van der Waals surface area contributed by atoms with Gasteiger partial charge in [-0.2, -0.15) is 0 Å². The van der Waals surface area contributed by atoms with Gasteiger partial charge in [-0.15, -0.1) is 0 Å². The van der Waals surface area contributed by atoms with Gasteiger partial charge in [0.15, 0.2) is 0 Å². The molecule has 1 fully saturated rings. The molecule has 1 saturated carbocycles. The third-order valence-electron chi connectivity index (χ3n) is 3.18. The number of carbonyl (C=O) groups is 1. The third-order valence-corrected chi connectivity index (χ3v) is 3.18. The van der Waals surface area contributed by atoms with Gasteiger partial charge in [-0.05, 0) is 25.7 Å². The number of anilines is 1. The molecule has 1 aromatic heterocycles. The molecule has 1 aliphatic carbocycles. The van der Waals surface area contributed by atoms with Crippen molar-refractivity contribution in [3.63, 3.8) is 0 Å². The van der Waals surface area contributed by atoms with Gasteiger partial charge < -0.3 is 15.0 Å². The molecule has 0 spiro atoms. The van der Waals surface area contributed by atoms with Gasteiger partial charge in [0.25, 0.3) is 5.91 Å². The highest BCUT2D eigenvalue weighted by molar-refractivity contribution is 5.92. The number of ether oxygens (including phenoxy) is 1. The third kappa shape index (κ3) is 4.45. The van der Waals surface area contributed by atoms with E-state index in [1.54, 1.807) is 18.1 Å². The average molecular weight is 278 g/mol. The summed E-state index contributed by atoms with van der Waals surface area (Å²) < 4.78 is 5.53. The number of likely N-dealkylation sites (N-methyl/N-ethyl adjacent to an activating group) is 1. The average Bonchev–Trinajstić information content (AvgIpc) is 3.27. The zero-order valence-corrected chi connectivity index (χ0v) is 12.1. The van der Waals surface area contributed by atoms with Crippen molar-refractivity contribution < 1.29 is 9.53 Å². The molecule has 20 heavy (non-hydrogen) atoms. The summed E-state index contributed by atoms with van der Waals surface area (Å²) in [7, 11) is 1.75. The monoisotopic (exact) mass is 278 g/mol. The van der Waals surface area contributed by atoms with Crippen molar-refractivity contribution in [2.45, 2.75) is 19.8 Å². The molecule has 0 radical (unpaired) electrons. The van der Waals surface area contributed by atoms with Crippen LogP contribution >= 0.6 is 0 Å². The van der Waals surface area contributed by atoms with Gasteiger partial charge in [-0.1, -0.05) is 0 Å². The SMILES string of the molecule is CCNc1cncc(C(=O)N(C)CCOCC2CC2)n1. The van der Waals surface area contributed by atoms with Crippen LogP contribution < -0.4 is 5.32 Å². The maximum Gasteiger partial charge on any atom is 0.273 e. The Balaban J connectivity index is 1.80. The molecule has 0 bridgehead atoms. The molecular formula is C14H22N4O2. The zero-order valence-electron chi connectivity index (χ0n) is 12.1. The fourth-order valence-electron chi connectivity index (χ4n) is 1.77. The first kappa shape index (κ1) is 14.7. The van der Waals surface area contributed by atoms with Crippen LogP contribution in [0, 0.1) is 5.92 Å². The molecule has 110 valence electrons. The van der Waals surface area contributed by atoms with E-state index in [1.165, 1.54) is 19.0 Å². The van der Waals surface area contributed by atoms with Crippen LogP contribution in [0.5, 0.6) is 0 Å². The fourth-order valence-corrected chi connectivity index (χ4v) is 1.77. The minimum absolute atomic E-state index is 0.132. The minimum atomic E-state index is -0.132. The normalized spacial score (nSPS) is 14.1. The lowest BCUT2D eigenvalue weighted by atomic mass is 10.4. The number of rotatable bonds is 8. The Hall–Kier alpha value is -1.69. The second-order valence-electron chi connectivity index (χ2n) is 5.06. The topological polar surface area (TPSA) is 67.4 Å². The van der Waals surface area contributed by atoms with Gasteiger partial charge in [-0.3, -0.25) is 9.78 Å². The first-order valence-corrected chi connectivity index (χ1v) is 7.09. The van der Waals surface area contributed by atoms with E-state index in [0.29, 0.717) is 24.7 Å². The fraction of sp³-hybridized carbons (Fsp3) is 0.643. The molecule has 0 atom stereocenters. The molecule has 1 N–H and O–H groups in total. The summed E-state index contributed by atoms with van der Waals surface area (Å²) in [6, 6.07) is 0. The second-order valence-corrected chi connectivity index (χ2v) is 5.06. The van der Waals surface area contributed by atoms with Crippen molar-refractivity contribution in [3.05, 3.63) is 18.1 Å². The van der Waals surface area contributed by atoms with E-state index in [4.69, 9.17) is 4.74 Å². The van der Waals surface area contributed by atoms with E-state index in [2.05, 4.69) is 15.3 Å². The van der Waals surface area contributed by atoms with Gasteiger partial charge >= 0.3 is 0 Å². The maximum absolute atomic E-state index is 12.2. The smallest absolute Gasteiger partial charge is 0.273 e. The summed E-state index contributed by atoms with van der Waals surface area (Å²) in [6.07, 6.45) is 5.66. The molecule has 6 nitrogen and oxygen atoms in total. The highest BCUT2D eigenvalue weighted by atomic mass is 16.5. The van der Waals surface area contributed by atoms with E-state index in [1.807, 2.05) is 6.92 Å². The summed E-state index contributed by atoms with van der Waals surface area (Å²) in [5.41, 5.74) is 0.355. The molecule has 1 aliphatic rings. The van der Waals surface area contributed by atoms with E-state index in [-0.39, 0.29) is 5.91 Å². The maximum atomic E-state index is 12.2. The Morgan fingerprint density at radius 3 is 3.00 bits per heavy atom. The van der Waals surface area contributed by atoms with Crippen LogP contribution in [0.2, 0.25) is 0 Å². The Kier molecular flexibility index (Phi) is 5.29. The zero-order chi connectivity index (χ0) is 14.4. The number of amides is 1. The van der Waals surface area contributed by atoms with Gasteiger partial charge in [-0.25, -0.2) is 4.98 Å². The van der Waals surface area contributed by atoms with Crippen molar-refractivity contribution >= 4 is 11.7 Å². The quantitative estimate of drug-likeness (QED) is 0.728. The van der Waals surface area contributed by atoms with E-state index >= 15 is 0 Å². The summed E-state index contributed by atoms with van der Waals surface area (Å²) in [5, 5.41) is 3.04. The largest absolute Gasteiger partial charge is 0.379 e. The van der Waals surface area contributed by atoms with Crippen LogP contribution in [0.15, 0.2) is 12.4 Å². The van der Waals surface area contributed by atoms with Gasteiger partial charge in [0, 0.05) is 26.7 Å². The van der Waals surface area contributed by atoms with E-state index in [9.17, 15) is 4.79 Å². The van der Waals surface area contributed by atoms with Crippen molar-refractivity contribution in [3.8, 4) is 0 Å². The molecule has 1 amide bonds. The molecule has 6 heteroatoms. The minimum Gasteiger partial charge on any atom is -0.379 e. The van der Waals surface area contributed by atoms with Crippen LogP contribution in [-0.4, -0.2) is 54.1 Å². The van der Waals surface area contributed by atoms with Crippen molar-refractivity contribution in [1.82, 2.24) is 14.9 Å². The van der Waals surface area contributed by atoms with Crippen molar-refractivity contribution in [1.29, 1.82) is 0 Å². The summed E-state index contributed by atoms with van der Waals surface area (Å²) in [4.78, 5) is 22.1. The van der Waals surface area contributed by atoms with E-state index in [0.717, 1.165) is 19.1 Å². The lowest BCUT2D eigenvalue weighted by Gasteiger charge is -2.16. The Morgan fingerprint density at radius 2 is 2.30 bits per heavy atom. The Labute approximate surface area is 119 Å². The van der Waals surface area contributed by atoms with Crippen molar-refractivity contribution in [2.24, 2.45) is 5.92 Å². The highest BCUT2D eigenvalue weighted by Crippen LogP contribution is 2.28. The molecule has 2 rings (SSSR count). The van der Waals surface area contributed by atoms with Gasteiger partial charge in [0.05, 0.1) is 19.0 Å². The van der Waals surface area contributed by atoms with Crippen LogP contribution in [0.4, 0.5) is 5.82 Å². The highest BCUT2D eigenvalue weighted by Gasteiger charge is 2.21. The molecule has 0 aromatic carbocycles. The molecule has 1 aromatic rings. The summed E-state index contributed by atoms with van der Waals surface area (Å²) >= 11 is 0. The van der Waals surface area contributed by atoms with Crippen LogP contribution in [0.1, 0.15) is 30.3 Å². The van der Waals surface area contributed by atoms with Crippen LogP contribution in [0.3, 0.4) is 0 Å². The predicted molar refractivity (Wildman–Crippen MR) is 76.7 cm³/mol. The first-order valence-electron chi connectivity index (χ1n) is 7.09. The Bertz CT molecular complexity index is 449. The summed E-state index contributed by atoms with van der Waals surface area (Å²) in [6.45, 7) is 4.67. The lowest BCUT2D eigenvalue weighted by molar-refractivity contribution is 0.0676. The number of hydrogen-bond donors (Lipinski definition) is 1. The molecule has 0 aliphatic heterocycles. The number of nitrogens with zero attached hydrogens (tertiary/aromatic N) is 3. The Morgan fingerprint density at radius 1 is 1.50 bits per heavy atom. The van der Waals surface area contributed by atoms with Crippen LogP contribution in [0.25, 0.3) is 0 Å². The number of aromatic nitrogens is 2. The summed E-state index contributed by atoms with van der Waals surface area (Å²) in [5.74, 6) is 1.24. The van der Waals surface area contributed by atoms with Gasteiger partial charge in [0.2, 0.25) is 0 Å². The molecule has 0 unspecified atom stereocenters. The van der Waals surface area contributed by atoms with Crippen molar-refractivity contribution in [2.75, 3.05) is 38.7 Å². The van der Waals surface area contributed by atoms with Crippen LogP contribution in [-0.2, 0) is 4.74 Å². The van der Waals surface area contributed by atoms with E-state index < -0.39 is 0 Å². The lowest BCUT2D eigenvalue weighted by Crippen LogP contribution is -2.31. The molecule has 0 saturated heterocycles. The molecular weight excluding hydrogens is 256 g/mol.